The van der Waals surface area contributed by atoms with Gasteiger partial charge in [0.1, 0.15) is 23.2 Å². The molecule has 0 aliphatic rings. The normalized spacial score (nSPS) is 10.6. The number of aryl methyl sites for hydroxylation is 1. The van der Waals surface area contributed by atoms with E-state index in [0.717, 1.165) is 36.2 Å². The Hall–Kier alpha value is -2.30. The van der Waals surface area contributed by atoms with E-state index < -0.39 is 0 Å². The summed E-state index contributed by atoms with van der Waals surface area (Å²) in [7, 11) is 1.70. The third-order valence-electron chi connectivity index (χ3n) is 3.17. The van der Waals surface area contributed by atoms with E-state index in [1.165, 1.54) is 5.56 Å². The molecule has 22 heavy (non-hydrogen) atoms. The van der Waals surface area contributed by atoms with Gasteiger partial charge in [-0.3, -0.25) is 0 Å². The van der Waals surface area contributed by atoms with Crippen molar-refractivity contribution in [1.82, 2.24) is 9.97 Å². The largest absolute Gasteiger partial charge is 0.496 e. The van der Waals surface area contributed by atoms with E-state index in [9.17, 15) is 0 Å². The first-order valence-electron chi connectivity index (χ1n) is 7.56. The number of nitrogens with zero attached hydrogens (tertiary/aromatic N) is 2. The molecule has 0 spiro atoms. The Bertz CT molecular complexity index is 613. The molecule has 2 aromatic rings. The topological polar surface area (TPSA) is 59.1 Å². The Labute approximate surface area is 132 Å². The zero-order valence-corrected chi connectivity index (χ0v) is 13.7. The van der Waals surface area contributed by atoms with Gasteiger partial charge in [0.2, 0.25) is 0 Å². The van der Waals surface area contributed by atoms with Crippen LogP contribution in [0.3, 0.4) is 0 Å². The molecule has 0 saturated carbocycles. The lowest BCUT2D eigenvalue weighted by Crippen LogP contribution is -2.13. The van der Waals surface area contributed by atoms with E-state index in [1.807, 2.05) is 31.2 Å². The molecule has 1 aromatic heterocycles. The molecule has 0 aliphatic heterocycles. The molecular weight excluding hydrogens is 276 g/mol. The lowest BCUT2D eigenvalue weighted by atomic mass is 10.1. The maximum absolute atomic E-state index is 5.37. The minimum atomic E-state index is 0.343. The van der Waals surface area contributed by atoms with Crippen molar-refractivity contribution in [2.75, 3.05) is 24.3 Å². The zero-order chi connectivity index (χ0) is 15.9. The average Bonchev–Trinajstić information content (AvgIpc) is 2.46. The molecule has 0 fully saturated rings. The van der Waals surface area contributed by atoms with Crippen LogP contribution < -0.4 is 15.4 Å². The number of para-hydroxylation sites is 1. The quantitative estimate of drug-likeness (QED) is 0.822. The summed E-state index contributed by atoms with van der Waals surface area (Å²) in [5.74, 6) is 3.36. The number of rotatable bonds is 7. The number of nitrogens with one attached hydrogen (secondary N) is 2. The van der Waals surface area contributed by atoms with Crippen molar-refractivity contribution in [3.63, 3.8) is 0 Å². The van der Waals surface area contributed by atoms with Gasteiger partial charge in [-0.1, -0.05) is 18.2 Å². The molecule has 1 aromatic carbocycles. The summed E-state index contributed by atoms with van der Waals surface area (Å²) >= 11 is 0. The summed E-state index contributed by atoms with van der Waals surface area (Å²) in [5, 5.41) is 6.65. The SMILES string of the molecule is COc1ccccc1CCNc1cc(NC(C)C)nc(C)n1. The Morgan fingerprint density at radius 2 is 1.86 bits per heavy atom. The standard InChI is InChI=1S/C17H24N4O/c1-12(2)19-17-11-16(20-13(3)21-17)18-10-9-14-7-5-6-8-15(14)22-4/h5-8,11-12H,9-10H2,1-4H3,(H2,18,19,20,21). The number of anilines is 2. The van der Waals surface area contributed by atoms with Crippen molar-refractivity contribution in [2.24, 2.45) is 0 Å². The first-order valence-corrected chi connectivity index (χ1v) is 7.56. The van der Waals surface area contributed by atoms with E-state index in [4.69, 9.17) is 4.74 Å². The smallest absolute Gasteiger partial charge is 0.131 e. The zero-order valence-electron chi connectivity index (χ0n) is 13.7. The molecule has 0 radical (unpaired) electrons. The number of hydrogen-bond donors (Lipinski definition) is 2. The van der Waals surface area contributed by atoms with Gasteiger partial charge >= 0.3 is 0 Å². The van der Waals surface area contributed by atoms with Gasteiger partial charge in [-0.15, -0.1) is 0 Å². The number of hydrogen-bond acceptors (Lipinski definition) is 5. The van der Waals surface area contributed by atoms with Crippen LogP contribution in [0.25, 0.3) is 0 Å². The summed E-state index contributed by atoms with van der Waals surface area (Å²) in [4.78, 5) is 8.81. The molecule has 1 heterocycles. The Morgan fingerprint density at radius 3 is 2.59 bits per heavy atom. The van der Waals surface area contributed by atoms with Crippen molar-refractivity contribution < 1.29 is 4.74 Å². The summed E-state index contributed by atoms with van der Waals surface area (Å²) in [6.07, 6.45) is 0.875. The van der Waals surface area contributed by atoms with Gasteiger partial charge in [0, 0.05) is 18.7 Å². The molecule has 0 atom stereocenters. The fraction of sp³-hybridized carbons (Fsp3) is 0.412. The highest BCUT2D eigenvalue weighted by Gasteiger charge is 2.04. The van der Waals surface area contributed by atoms with Crippen LogP contribution in [0, 0.1) is 6.92 Å². The molecule has 5 nitrogen and oxygen atoms in total. The first-order chi connectivity index (χ1) is 10.6. The highest BCUT2D eigenvalue weighted by molar-refractivity contribution is 5.48. The van der Waals surface area contributed by atoms with Crippen molar-refractivity contribution in [2.45, 2.75) is 33.2 Å². The highest BCUT2D eigenvalue weighted by atomic mass is 16.5. The lowest BCUT2D eigenvalue weighted by Gasteiger charge is -2.13. The highest BCUT2D eigenvalue weighted by Crippen LogP contribution is 2.18. The Morgan fingerprint density at radius 1 is 1.14 bits per heavy atom. The van der Waals surface area contributed by atoms with E-state index in [2.05, 4.69) is 40.5 Å². The molecule has 0 amide bonds. The molecule has 0 unspecified atom stereocenters. The van der Waals surface area contributed by atoms with Crippen molar-refractivity contribution in [3.8, 4) is 5.75 Å². The number of aromatic nitrogens is 2. The van der Waals surface area contributed by atoms with E-state index >= 15 is 0 Å². The molecule has 2 rings (SSSR count). The number of ether oxygens (including phenoxy) is 1. The minimum Gasteiger partial charge on any atom is -0.496 e. The second-order valence-corrected chi connectivity index (χ2v) is 5.47. The van der Waals surface area contributed by atoms with Crippen LogP contribution in [-0.2, 0) is 6.42 Å². The van der Waals surface area contributed by atoms with Gasteiger partial charge in [-0.2, -0.15) is 0 Å². The monoisotopic (exact) mass is 300 g/mol. The molecular formula is C17H24N4O. The van der Waals surface area contributed by atoms with E-state index in [-0.39, 0.29) is 0 Å². The Kier molecular flexibility index (Phi) is 5.58. The van der Waals surface area contributed by atoms with Crippen molar-refractivity contribution in [3.05, 3.63) is 41.7 Å². The third-order valence-corrected chi connectivity index (χ3v) is 3.17. The Balaban J connectivity index is 1.98. The van der Waals surface area contributed by atoms with Crippen LogP contribution in [-0.4, -0.2) is 29.7 Å². The van der Waals surface area contributed by atoms with Gasteiger partial charge in [0.25, 0.3) is 0 Å². The summed E-state index contributed by atoms with van der Waals surface area (Å²) < 4.78 is 5.37. The van der Waals surface area contributed by atoms with Gasteiger partial charge in [-0.25, -0.2) is 9.97 Å². The predicted octanol–water partition coefficient (Wildman–Crippen LogP) is 3.27. The average molecular weight is 300 g/mol. The molecule has 2 N–H and O–H groups in total. The summed E-state index contributed by atoms with van der Waals surface area (Å²) in [6.45, 7) is 6.87. The number of methoxy groups -OCH3 is 1. The van der Waals surface area contributed by atoms with Crippen LogP contribution in [0.1, 0.15) is 25.2 Å². The van der Waals surface area contributed by atoms with Gasteiger partial charge in [0.05, 0.1) is 7.11 Å². The third kappa shape index (κ3) is 4.62. The first kappa shape index (κ1) is 16.1. The molecule has 5 heteroatoms. The van der Waals surface area contributed by atoms with Crippen LogP contribution in [0.2, 0.25) is 0 Å². The van der Waals surface area contributed by atoms with E-state index in [0.29, 0.717) is 6.04 Å². The number of benzene rings is 1. The maximum Gasteiger partial charge on any atom is 0.131 e. The van der Waals surface area contributed by atoms with Gasteiger partial charge in [0.15, 0.2) is 0 Å². The molecule has 118 valence electrons. The predicted molar refractivity (Wildman–Crippen MR) is 90.7 cm³/mol. The summed E-state index contributed by atoms with van der Waals surface area (Å²) in [6, 6.07) is 10.3. The minimum absolute atomic E-state index is 0.343. The fourth-order valence-electron chi connectivity index (χ4n) is 2.26. The molecule has 0 saturated heterocycles. The lowest BCUT2D eigenvalue weighted by molar-refractivity contribution is 0.410. The van der Waals surface area contributed by atoms with E-state index in [1.54, 1.807) is 7.11 Å². The van der Waals surface area contributed by atoms with Crippen molar-refractivity contribution >= 4 is 11.6 Å². The van der Waals surface area contributed by atoms with Crippen LogP contribution in [0.4, 0.5) is 11.6 Å². The fourth-order valence-corrected chi connectivity index (χ4v) is 2.26. The summed E-state index contributed by atoms with van der Waals surface area (Å²) in [5.41, 5.74) is 1.18. The van der Waals surface area contributed by atoms with Crippen molar-refractivity contribution in [1.29, 1.82) is 0 Å². The second kappa shape index (κ2) is 7.64. The van der Waals surface area contributed by atoms with Gasteiger partial charge in [-0.05, 0) is 38.8 Å². The van der Waals surface area contributed by atoms with Crippen LogP contribution in [0.5, 0.6) is 5.75 Å². The second-order valence-electron chi connectivity index (χ2n) is 5.47. The van der Waals surface area contributed by atoms with Crippen LogP contribution in [0.15, 0.2) is 30.3 Å². The maximum atomic E-state index is 5.37. The molecule has 0 aliphatic carbocycles. The van der Waals surface area contributed by atoms with Crippen LogP contribution >= 0.6 is 0 Å². The molecule has 0 bridgehead atoms. The van der Waals surface area contributed by atoms with Gasteiger partial charge < -0.3 is 15.4 Å².